The first-order valence-corrected chi connectivity index (χ1v) is 12.5. The first kappa shape index (κ1) is 26.0. The summed E-state index contributed by atoms with van der Waals surface area (Å²) in [6.45, 7) is 7.77. The Balaban J connectivity index is 1.71. The number of hydrogen-bond acceptors (Lipinski definition) is 4. The Morgan fingerprint density at radius 3 is 2.45 bits per heavy atom. The topological polar surface area (TPSA) is 64.7 Å². The molecule has 1 aliphatic carbocycles. The number of benzene rings is 1. The van der Waals surface area contributed by atoms with Gasteiger partial charge in [0, 0.05) is 5.54 Å². The van der Waals surface area contributed by atoms with E-state index >= 15 is 0 Å². The Hall–Kier alpha value is -1.26. The lowest BCUT2D eigenvalue weighted by Crippen LogP contribution is -2.44. The largest absolute Gasteiger partial charge is 0.493 e. The minimum absolute atomic E-state index is 0.0537. The molecule has 0 aromatic heterocycles. The fraction of sp³-hybridized carbons (Fsp3) is 0.778. The van der Waals surface area contributed by atoms with E-state index < -0.39 is 5.54 Å². The Morgan fingerprint density at radius 2 is 1.81 bits per heavy atom. The van der Waals surface area contributed by atoms with Gasteiger partial charge in [0.2, 0.25) is 0 Å². The summed E-state index contributed by atoms with van der Waals surface area (Å²) in [5.41, 5.74) is 7.15. The zero-order valence-corrected chi connectivity index (χ0v) is 20.5. The predicted molar refractivity (Wildman–Crippen MR) is 130 cm³/mol. The third kappa shape index (κ3) is 10.3. The van der Waals surface area contributed by atoms with Crippen LogP contribution in [0.3, 0.4) is 0 Å². The average Bonchev–Trinajstić information content (AvgIpc) is 3.56. The lowest BCUT2D eigenvalue weighted by molar-refractivity contribution is 0.172. The number of aliphatic hydroxyl groups is 1. The molecule has 1 unspecified atom stereocenters. The number of methoxy groups -OCH3 is 1. The summed E-state index contributed by atoms with van der Waals surface area (Å²) < 4.78 is 11.6. The van der Waals surface area contributed by atoms with Crippen molar-refractivity contribution in [1.29, 1.82) is 0 Å². The first-order chi connectivity index (χ1) is 14.8. The Morgan fingerprint density at radius 1 is 1.06 bits per heavy atom. The van der Waals surface area contributed by atoms with E-state index in [4.69, 9.17) is 15.2 Å². The smallest absolute Gasteiger partial charge is 0.161 e. The summed E-state index contributed by atoms with van der Waals surface area (Å²) in [6.07, 6.45) is 12.7. The van der Waals surface area contributed by atoms with Gasteiger partial charge in [-0.25, -0.2) is 0 Å². The molecule has 4 nitrogen and oxygen atoms in total. The number of aliphatic hydroxyl groups excluding tert-OH is 1. The molecule has 2 atom stereocenters. The number of rotatable bonds is 17. The summed E-state index contributed by atoms with van der Waals surface area (Å²) in [4.78, 5) is 0. The van der Waals surface area contributed by atoms with Crippen LogP contribution in [0.5, 0.6) is 11.5 Å². The summed E-state index contributed by atoms with van der Waals surface area (Å²) in [5.74, 6) is 3.94. The molecular weight excluding hydrogens is 386 g/mol. The minimum Gasteiger partial charge on any atom is -0.493 e. The van der Waals surface area contributed by atoms with Gasteiger partial charge in [-0.15, -0.1) is 0 Å². The van der Waals surface area contributed by atoms with Crippen molar-refractivity contribution in [2.75, 3.05) is 20.3 Å². The van der Waals surface area contributed by atoms with E-state index in [0.29, 0.717) is 5.92 Å². The monoisotopic (exact) mass is 433 g/mol. The third-order valence-corrected chi connectivity index (χ3v) is 6.67. The minimum atomic E-state index is -0.463. The van der Waals surface area contributed by atoms with E-state index in [1.807, 2.05) is 6.07 Å². The first-order valence-electron chi connectivity index (χ1n) is 12.5. The standard InChI is InChI=1S/C27H47NO3/c1-21(2)8-7-10-22(3)9-5-6-17-31-25-14-13-23(18-26(25)30-4)15-16-27(28,20-29)19-24-11-12-24/h13-14,18,21-22,24,29H,5-12,15-17,19-20,28H2,1-4H3/t22?,27-/m0/s1. The van der Waals surface area contributed by atoms with Gasteiger partial charge < -0.3 is 20.3 Å². The number of ether oxygens (including phenoxy) is 2. The molecule has 1 aromatic carbocycles. The quantitative estimate of drug-likeness (QED) is 0.290. The predicted octanol–water partition coefficient (Wildman–Crippen LogP) is 6.13. The van der Waals surface area contributed by atoms with Crippen LogP contribution in [0.1, 0.15) is 90.5 Å². The van der Waals surface area contributed by atoms with Crippen LogP contribution in [-0.4, -0.2) is 31.0 Å². The molecule has 1 aliphatic rings. The number of unbranched alkanes of at least 4 members (excludes halogenated alkanes) is 1. The SMILES string of the molecule is COc1cc(CC[C@@](N)(CO)CC2CC2)ccc1OCCCCC(C)CCCC(C)C. The maximum atomic E-state index is 9.75. The van der Waals surface area contributed by atoms with Gasteiger partial charge in [0.1, 0.15) is 0 Å². The van der Waals surface area contributed by atoms with Crippen LogP contribution in [0.15, 0.2) is 18.2 Å². The molecule has 0 spiro atoms. The fourth-order valence-electron chi connectivity index (χ4n) is 4.32. The third-order valence-electron chi connectivity index (χ3n) is 6.67. The van der Waals surface area contributed by atoms with Crippen LogP contribution in [-0.2, 0) is 6.42 Å². The highest BCUT2D eigenvalue weighted by Crippen LogP contribution is 2.37. The van der Waals surface area contributed by atoms with Gasteiger partial charge in [0.05, 0.1) is 20.3 Å². The van der Waals surface area contributed by atoms with E-state index in [1.54, 1.807) is 7.11 Å². The van der Waals surface area contributed by atoms with E-state index in [1.165, 1.54) is 50.5 Å². The molecule has 31 heavy (non-hydrogen) atoms. The van der Waals surface area contributed by atoms with Gasteiger partial charge in [-0.1, -0.05) is 65.4 Å². The Labute approximate surface area is 190 Å². The molecule has 2 rings (SSSR count). The van der Waals surface area contributed by atoms with Crippen molar-refractivity contribution in [2.24, 2.45) is 23.5 Å². The van der Waals surface area contributed by atoms with Crippen LogP contribution in [0.25, 0.3) is 0 Å². The molecule has 1 saturated carbocycles. The molecule has 0 radical (unpaired) electrons. The van der Waals surface area contributed by atoms with E-state index in [-0.39, 0.29) is 6.61 Å². The Kier molecular flexibility index (Phi) is 11.2. The lowest BCUT2D eigenvalue weighted by atomic mass is 9.88. The highest BCUT2D eigenvalue weighted by Gasteiger charge is 2.33. The fourth-order valence-corrected chi connectivity index (χ4v) is 4.32. The second-order valence-corrected chi connectivity index (χ2v) is 10.4. The van der Waals surface area contributed by atoms with Crippen molar-refractivity contribution in [2.45, 2.75) is 96.9 Å². The molecule has 0 bridgehead atoms. The van der Waals surface area contributed by atoms with E-state index in [9.17, 15) is 5.11 Å². The van der Waals surface area contributed by atoms with Crippen LogP contribution in [0.2, 0.25) is 0 Å². The molecule has 1 fully saturated rings. The summed E-state index contributed by atoms with van der Waals surface area (Å²) in [5, 5.41) is 9.75. The molecular formula is C27H47NO3. The molecule has 0 saturated heterocycles. The van der Waals surface area contributed by atoms with Crippen molar-refractivity contribution in [3.8, 4) is 11.5 Å². The summed E-state index contributed by atoms with van der Waals surface area (Å²) >= 11 is 0. The van der Waals surface area contributed by atoms with Gasteiger partial charge in [-0.2, -0.15) is 0 Å². The van der Waals surface area contributed by atoms with Crippen LogP contribution in [0, 0.1) is 17.8 Å². The number of hydrogen-bond donors (Lipinski definition) is 2. The van der Waals surface area contributed by atoms with Crippen LogP contribution in [0.4, 0.5) is 0 Å². The van der Waals surface area contributed by atoms with Crippen molar-refractivity contribution < 1.29 is 14.6 Å². The maximum absolute atomic E-state index is 9.75. The molecule has 0 aliphatic heterocycles. The zero-order valence-electron chi connectivity index (χ0n) is 20.5. The molecule has 4 heteroatoms. The van der Waals surface area contributed by atoms with Crippen molar-refractivity contribution >= 4 is 0 Å². The number of nitrogens with two attached hydrogens (primary N) is 1. The average molecular weight is 434 g/mol. The second-order valence-electron chi connectivity index (χ2n) is 10.4. The van der Waals surface area contributed by atoms with Crippen molar-refractivity contribution in [3.63, 3.8) is 0 Å². The zero-order chi connectivity index (χ0) is 22.7. The van der Waals surface area contributed by atoms with Gasteiger partial charge in [-0.3, -0.25) is 0 Å². The van der Waals surface area contributed by atoms with E-state index in [0.717, 1.165) is 55.6 Å². The summed E-state index contributed by atoms with van der Waals surface area (Å²) in [6, 6.07) is 6.17. The molecule has 1 aromatic rings. The summed E-state index contributed by atoms with van der Waals surface area (Å²) in [7, 11) is 1.69. The van der Waals surface area contributed by atoms with Crippen LogP contribution >= 0.6 is 0 Å². The molecule has 0 heterocycles. The van der Waals surface area contributed by atoms with Crippen LogP contribution < -0.4 is 15.2 Å². The van der Waals surface area contributed by atoms with Crippen molar-refractivity contribution in [1.82, 2.24) is 0 Å². The molecule has 178 valence electrons. The lowest BCUT2D eigenvalue weighted by Gasteiger charge is -2.27. The molecule has 0 amide bonds. The van der Waals surface area contributed by atoms with Gasteiger partial charge in [0.25, 0.3) is 0 Å². The van der Waals surface area contributed by atoms with E-state index in [2.05, 4.69) is 32.9 Å². The highest BCUT2D eigenvalue weighted by molar-refractivity contribution is 5.43. The number of aryl methyl sites for hydroxylation is 1. The highest BCUT2D eigenvalue weighted by atomic mass is 16.5. The van der Waals surface area contributed by atoms with Gasteiger partial charge in [0.15, 0.2) is 11.5 Å². The maximum Gasteiger partial charge on any atom is 0.161 e. The molecule has 3 N–H and O–H groups in total. The van der Waals surface area contributed by atoms with Crippen molar-refractivity contribution in [3.05, 3.63) is 23.8 Å². The normalized spacial score (nSPS) is 16.9. The van der Waals surface area contributed by atoms with Gasteiger partial charge >= 0.3 is 0 Å². The Bertz CT molecular complexity index is 629. The van der Waals surface area contributed by atoms with Gasteiger partial charge in [-0.05, 0) is 67.6 Å². The second kappa shape index (κ2) is 13.3.